The lowest BCUT2D eigenvalue weighted by molar-refractivity contribution is -0.121. The average Bonchev–Trinajstić information content (AvgIpc) is 2.17. The minimum absolute atomic E-state index is 0.155. The van der Waals surface area contributed by atoms with Crippen LogP contribution in [0, 0.1) is 0 Å². The summed E-state index contributed by atoms with van der Waals surface area (Å²) in [5.74, 6) is 0.155. The fourth-order valence-corrected chi connectivity index (χ4v) is 1.43. The van der Waals surface area contributed by atoms with E-state index in [2.05, 4.69) is 19.2 Å². The Morgan fingerprint density at radius 1 is 1.29 bits per heavy atom. The Morgan fingerprint density at radius 3 is 2.50 bits per heavy atom. The molecule has 0 bridgehead atoms. The lowest BCUT2D eigenvalue weighted by atomic mass is 10.1. The molecule has 0 aromatic rings. The van der Waals surface area contributed by atoms with Crippen LogP contribution in [0.15, 0.2) is 0 Å². The molecule has 0 spiro atoms. The van der Waals surface area contributed by atoms with Gasteiger partial charge in [-0.05, 0) is 12.8 Å². The molecule has 3 nitrogen and oxygen atoms in total. The number of nitrogens with one attached hydrogen (secondary N) is 1. The molecular formula is C11H24N2O. The van der Waals surface area contributed by atoms with Gasteiger partial charge in [-0.15, -0.1) is 0 Å². The van der Waals surface area contributed by atoms with Crippen LogP contribution in [-0.2, 0) is 4.79 Å². The van der Waals surface area contributed by atoms with Crippen LogP contribution >= 0.6 is 0 Å². The highest BCUT2D eigenvalue weighted by molar-refractivity contribution is 5.76. The van der Waals surface area contributed by atoms with Crippen molar-refractivity contribution in [3.8, 4) is 0 Å². The molecule has 0 saturated carbocycles. The summed E-state index contributed by atoms with van der Waals surface area (Å²) in [6, 6.07) is 0.175. The van der Waals surface area contributed by atoms with E-state index >= 15 is 0 Å². The second-order valence-electron chi connectivity index (χ2n) is 3.75. The van der Waals surface area contributed by atoms with Gasteiger partial charge >= 0.3 is 0 Å². The molecule has 0 aromatic heterocycles. The van der Waals surface area contributed by atoms with Crippen molar-refractivity contribution in [1.29, 1.82) is 0 Å². The van der Waals surface area contributed by atoms with Gasteiger partial charge in [0.15, 0.2) is 0 Å². The van der Waals surface area contributed by atoms with Gasteiger partial charge in [0.2, 0.25) is 5.91 Å². The summed E-state index contributed by atoms with van der Waals surface area (Å²) < 4.78 is 0. The average molecular weight is 200 g/mol. The predicted molar refractivity (Wildman–Crippen MR) is 60.0 cm³/mol. The van der Waals surface area contributed by atoms with E-state index in [4.69, 9.17) is 5.73 Å². The highest BCUT2D eigenvalue weighted by atomic mass is 16.1. The maximum absolute atomic E-state index is 11.4. The first-order chi connectivity index (χ1) is 6.74. The lowest BCUT2D eigenvalue weighted by Gasteiger charge is -2.15. The minimum Gasteiger partial charge on any atom is -0.352 e. The normalized spacial score (nSPS) is 12.5. The van der Waals surface area contributed by atoms with Crippen molar-refractivity contribution in [3.05, 3.63) is 0 Å². The first-order valence-electron chi connectivity index (χ1n) is 5.74. The minimum atomic E-state index is 0.155. The summed E-state index contributed by atoms with van der Waals surface area (Å²) in [5, 5.41) is 2.96. The van der Waals surface area contributed by atoms with E-state index in [1.807, 2.05) is 0 Å². The first kappa shape index (κ1) is 13.4. The molecular weight excluding hydrogens is 176 g/mol. The molecule has 0 rings (SSSR count). The molecule has 0 radical (unpaired) electrons. The maximum Gasteiger partial charge on any atom is 0.220 e. The lowest BCUT2D eigenvalue weighted by Crippen LogP contribution is -2.39. The molecule has 0 fully saturated rings. The van der Waals surface area contributed by atoms with E-state index in [9.17, 15) is 4.79 Å². The number of amides is 1. The van der Waals surface area contributed by atoms with Crippen molar-refractivity contribution in [1.82, 2.24) is 5.32 Å². The molecule has 0 aliphatic carbocycles. The number of unbranched alkanes of at least 4 members (excludes halogenated alkanes) is 2. The third-order valence-electron chi connectivity index (χ3n) is 2.29. The van der Waals surface area contributed by atoms with E-state index in [1.54, 1.807) is 0 Å². The number of carbonyl (C=O) groups is 1. The van der Waals surface area contributed by atoms with Crippen molar-refractivity contribution in [3.63, 3.8) is 0 Å². The van der Waals surface area contributed by atoms with Crippen LogP contribution in [0.2, 0.25) is 0 Å². The highest BCUT2D eigenvalue weighted by Gasteiger charge is 2.08. The molecule has 14 heavy (non-hydrogen) atoms. The summed E-state index contributed by atoms with van der Waals surface area (Å²) in [5.41, 5.74) is 5.55. The van der Waals surface area contributed by atoms with E-state index in [0.717, 1.165) is 32.1 Å². The van der Waals surface area contributed by atoms with Crippen molar-refractivity contribution in [2.75, 3.05) is 6.54 Å². The molecule has 3 heteroatoms. The Bertz CT molecular complexity index is 148. The summed E-state index contributed by atoms with van der Waals surface area (Å²) in [4.78, 5) is 11.4. The number of hydrogen-bond donors (Lipinski definition) is 2. The number of rotatable bonds is 8. The molecule has 1 unspecified atom stereocenters. The molecule has 0 aromatic carbocycles. The van der Waals surface area contributed by atoms with Crippen molar-refractivity contribution in [2.24, 2.45) is 5.73 Å². The van der Waals surface area contributed by atoms with E-state index in [0.29, 0.717) is 13.0 Å². The van der Waals surface area contributed by atoms with Crippen LogP contribution in [0.5, 0.6) is 0 Å². The van der Waals surface area contributed by atoms with Crippen LogP contribution in [0.25, 0.3) is 0 Å². The van der Waals surface area contributed by atoms with Gasteiger partial charge in [0.05, 0.1) is 0 Å². The quantitative estimate of drug-likeness (QED) is 0.587. The SMILES string of the molecule is CCCCCC(=O)NC(CN)CCC. The molecule has 84 valence electrons. The summed E-state index contributed by atoms with van der Waals surface area (Å²) >= 11 is 0. The van der Waals surface area contributed by atoms with Crippen molar-refractivity contribution >= 4 is 5.91 Å². The van der Waals surface area contributed by atoms with Gasteiger partial charge in [-0.1, -0.05) is 33.1 Å². The maximum atomic E-state index is 11.4. The third-order valence-corrected chi connectivity index (χ3v) is 2.29. The second-order valence-corrected chi connectivity index (χ2v) is 3.75. The fraction of sp³-hybridized carbons (Fsp3) is 0.909. The Labute approximate surface area is 87.4 Å². The van der Waals surface area contributed by atoms with Gasteiger partial charge < -0.3 is 11.1 Å². The summed E-state index contributed by atoms with van der Waals surface area (Å²) in [7, 11) is 0. The van der Waals surface area contributed by atoms with Gasteiger partial charge in [-0.3, -0.25) is 4.79 Å². The number of hydrogen-bond acceptors (Lipinski definition) is 2. The van der Waals surface area contributed by atoms with Gasteiger partial charge in [-0.25, -0.2) is 0 Å². The molecule has 0 saturated heterocycles. The number of nitrogens with two attached hydrogens (primary N) is 1. The molecule has 1 amide bonds. The highest BCUT2D eigenvalue weighted by Crippen LogP contribution is 2.00. The van der Waals surface area contributed by atoms with Crippen LogP contribution in [-0.4, -0.2) is 18.5 Å². The Morgan fingerprint density at radius 2 is 2.00 bits per heavy atom. The zero-order valence-corrected chi connectivity index (χ0v) is 9.51. The molecule has 0 aliphatic rings. The smallest absolute Gasteiger partial charge is 0.220 e. The second kappa shape index (κ2) is 9.00. The molecule has 1 atom stereocenters. The summed E-state index contributed by atoms with van der Waals surface area (Å²) in [6.45, 7) is 4.79. The van der Waals surface area contributed by atoms with Crippen LogP contribution in [0.4, 0.5) is 0 Å². The Hall–Kier alpha value is -0.570. The fourth-order valence-electron chi connectivity index (χ4n) is 1.43. The topological polar surface area (TPSA) is 55.1 Å². The monoisotopic (exact) mass is 200 g/mol. The van der Waals surface area contributed by atoms with E-state index in [-0.39, 0.29) is 11.9 Å². The summed E-state index contributed by atoms with van der Waals surface area (Å²) in [6.07, 6.45) is 5.98. The van der Waals surface area contributed by atoms with Crippen molar-refractivity contribution in [2.45, 2.75) is 58.4 Å². The molecule has 0 heterocycles. The van der Waals surface area contributed by atoms with Crippen LogP contribution < -0.4 is 11.1 Å². The zero-order valence-electron chi connectivity index (χ0n) is 9.51. The molecule has 0 aliphatic heterocycles. The third kappa shape index (κ3) is 6.89. The van der Waals surface area contributed by atoms with Gasteiger partial charge in [-0.2, -0.15) is 0 Å². The largest absolute Gasteiger partial charge is 0.352 e. The molecule has 3 N–H and O–H groups in total. The van der Waals surface area contributed by atoms with Gasteiger partial charge in [0.25, 0.3) is 0 Å². The van der Waals surface area contributed by atoms with Gasteiger partial charge in [0, 0.05) is 19.0 Å². The predicted octanol–water partition coefficient (Wildman–Crippen LogP) is 1.81. The van der Waals surface area contributed by atoms with E-state index in [1.165, 1.54) is 0 Å². The van der Waals surface area contributed by atoms with Crippen LogP contribution in [0.3, 0.4) is 0 Å². The first-order valence-corrected chi connectivity index (χ1v) is 5.74. The van der Waals surface area contributed by atoms with Crippen molar-refractivity contribution < 1.29 is 4.79 Å². The van der Waals surface area contributed by atoms with Gasteiger partial charge in [0.1, 0.15) is 0 Å². The number of carbonyl (C=O) groups excluding carboxylic acids is 1. The standard InChI is InChI=1S/C11H24N2O/c1-3-5-6-8-11(14)13-10(9-12)7-4-2/h10H,3-9,12H2,1-2H3,(H,13,14). The Kier molecular flexibility index (Phi) is 8.64. The Balaban J connectivity index is 3.56. The van der Waals surface area contributed by atoms with E-state index < -0.39 is 0 Å². The zero-order chi connectivity index (χ0) is 10.8. The van der Waals surface area contributed by atoms with Crippen LogP contribution in [0.1, 0.15) is 52.4 Å².